The maximum absolute atomic E-state index is 12.4. The zero-order valence-electron chi connectivity index (χ0n) is 12.7. The Bertz CT molecular complexity index is 796. The molecule has 1 aromatic heterocycles. The number of carbonyl (C=O) groups is 1. The molecule has 23 heavy (non-hydrogen) atoms. The van der Waals surface area contributed by atoms with Crippen molar-refractivity contribution >= 4 is 32.2 Å². The summed E-state index contributed by atoms with van der Waals surface area (Å²) in [6, 6.07) is 9.15. The van der Waals surface area contributed by atoms with Crippen LogP contribution >= 0.6 is 11.3 Å². The lowest BCUT2D eigenvalue weighted by Crippen LogP contribution is -2.36. The minimum atomic E-state index is -3.51. The number of carbonyl (C=O) groups excluding carboxylic acids is 1. The van der Waals surface area contributed by atoms with E-state index >= 15 is 0 Å². The number of sulfone groups is 1. The van der Waals surface area contributed by atoms with Crippen molar-refractivity contribution in [2.45, 2.75) is 30.4 Å². The zero-order valence-corrected chi connectivity index (χ0v) is 14.4. The Balaban J connectivity index is 1.74. The Hall–Kier alpha value is -1.73. The zero-order chi connectivity index (χ0) is 16.4. The highest BCUT2D eigenvalue weighted by Crippen LogP contribution is 2.40. The molecule has 0 radical (unpaired) electrons. The molecule has 1 unspecified atom stereocenters. The largest absolute Gasteiger partial charge is 0.301 e. The van der Waals surface area contributed by atoms with Gasteiger partial charge in [0.25, 0.3) is 0 Å². The summed E-state index contributed by atoms with van der Waals surface area (Å²) in [6.07, 6.45) is 3.53. The maximum Gasteiger partial charge on any atom is 0.244 e. The number of amides is 1. The predicted octanol–water partition coefficient (Wildman–Crippen LogP) is 2.61. The molecule has 1 amide bonds. The number of aromatic nitrogens is 1. The summed E-state index contributed by atoms with van der Waals surface area (Å²) >= 11 is 1.34. The van der Waals surface area contributed by atoms with E-state index < -0.39 is 21.0 Å². The number of hydrogen-bond donors (Lipinski definition) is 1. The van der Waals surface area contributed by atoms with E-state index in [0.717, 1.165) is 30.4 Å². The first-order valence-corrected chi connectivity index (χ1v) is 10.3. The van der Waals surface area contributed by atoms with Crippen LogP contribution in [0.5, 0.6) is 0 Å². The van der Waals surface area contributed by atoms with Gasteiger partial charge in [-0.05, 0) is 24.8 Å². The lowest BCUT2D eigenvalue weighted by Gasteiger charge is -2.14. The molecule has 1 atom stereocenters. The van der Waals surface area contributed by atoms with Crippen LogP contribution in [0.15, 0.2) is 35.7 Å². The monoisotopic (exact) mass is 350 g/mol. The Morgan fingerprint density at radius 1 is 1.35 bits per heavy atom. The van der Waals surface area contributed by atoms with Gasteiger partial charge in [0.05, 0.1) is 5.69 Å². The predicted molar refractivity (Wildman–Crippen MR) is 91.5 cm³/mol. The molecule has 0 spiro atoms. The third-order valence-electron chi connectivity index (χ3n) is 3.82. The molecule has 0 bridgehead atoms. The van der Waals surface area contributed by atoms with E-state index in [2.05, 4.69) is 10.3 Å². The third-order valence-corrected chi connectivity index (χ3v) is 6.01. The minimum absolute atomic E-state index is 0.159. The molecule has 1 N–H and O–H groups in total. The van der Waals surface area contributed by atoms with Crippen LogP contribution in [0.3, 0.4) is 0 Å². The van der Waals surface area contributed by atoms with E-state index in [-0.39, 0.29) is 6.42 Å². The summed E-state index contributed by atoms with van der Waals surface area (Å²) in [7, 11) is -3.51. The Morgan fingerprint density at radius 3 is 2.65 bits per heavy atom. The van der Waals surface area contributed by atoms with E-state index in [9.17, 15) is 13.2 Å². The van der Waals surface area contributed by atoms with Gasteiger partial charge >= 0.3 is 0 Å². The molecular formula is C16H18N2O3S2. The topological polar surface area (TPSA) is 76.1 Å². The molecule has 122 valence electrons. The van der Waals surface area contributed by atoms with Crippen molar-refractivity contribution in [2.24, 2.45) is 0 Å². The lowest BCUT2D eigenvalue weighted by molar-refractivity contribution is -0.115. The fourth-order valence-electron chi connectivity index (χ4n) is 2.36. The van der Waals surface area contributed by atoms with E-state index in [4.69, 9.17) is 0 Å². The van der Waals surface area contributed by atoms with Crippen LogP contribution in [-0.4, -0.2) is 30.8 Å². The first kappa shape index (κ1) is 16.1. The van der Waals surface area contributed by atoms with Crippen molar-refractivity contribution in [3.8, 4) is 0 Å². The number of hydrogen-bond acceptors (Lipinski definition) is 5. The van der Waals surface area contributed by atoms with E-state index in [0.29, 0.717) is 11.0 Å². The van der Waals surface area contributed by atoms with E-state index in [1.165, 1.54) is 11.3 Å². The van der Waals surface area contributed by atoms with Crippen LogP contribution in [0, 0.1) is 0 Å². The summed E-state index contributed by atoms with van der Waals surface area (Å²) in [5, 5.41) is 3.95. The number of thiazole rings is 1. The normalized spacial score (nSPS) is 16.0. The molecule has 2 aromatic rings. The summed E-state index contributed by atoms with van der Waals surface area (Å²) in [5.41, 5.74) is 1.81. The average molecular weight is 350 g/mol. The molecule has 1 heterocycles. The van der Waals surface area contributed by atoms with Crippen molar-refractivity contribution in [1.29, 1.82) is 0 Å². The first-order valence-electron chi connectivity index (χ1n) is 7.42. The second-order valence-corrected chi connectivity index (χ2v) is 8.94. The van der Waals surface area contributed by atoms with Crippen LogP contribution in [0.25, 0.3) is 0 Å². The Morgan fingerprint density at radius 2 is 2.04 bits per heavy atom. The van der Waals surface area contributed by atoms with Crippen LogP contribution in [0.1, 0.15) is 30.0 Å². The van der Waals surface area contributed by atoms with Gasteiger partial charge in [-0.2, -0.15) is 0 Å². The SMILES string of the molecule is CS(=O)(=O)C(Cc1ccccc1)C(=O)Nc1nc(C2CC2)cs1. The van der Waals surface area contributed by atoms with Gasteiger partial charge in [-0.3, -0.25) is 4.79 Å². The standard InChI is InChI=1S/C16H18N2O3S2/c1-23(20,21)14(9-11-5-3-2-4-6-11)15(19)18-16-17-13(10-22-16)12-7-8-12/h2-6,10,12,14H,7-9H2,1H3,(H,17,18,19). The quantitative estimate of drug-likeness (QED) is 0.869. The Kier molecular flexibility index (Phi) is 4.50. The number of nitrogens with one attached hydrogen (secondary N) is 1. The van der Waals surface area contributed by atoms with Crippen LogP contribution in [0.2, 0.25) is 0 Å². The highest BCUT2D eigenvalue weighted by molar-refractivity contribution is 7.92. The van der Waals surface area contributed by atoms with Gasteiger partial charge in [0.2, 0.25) is 5.91 Å². The lowest BCUT2D eigenvalue weighted by atomic mass is 10.1. The number of nitrogens with zero attached hydrogens (tertiary/aromatic N) is 1. The summed E-state index contributed by atoms with van der Waals surface area (Å²) < 4.78 is 24.0. The molecule has 0 aliphatic heterocycles. The highest BCUT2D eigenvalue weighted by Gasteiger charge is 2.31. The Labute approximate surface area is 139 Å². The summed E-state index contributed by atoms with van der Waals surface area (Å²) in [6.45, 7) is 0. The maximum atomic E-state index is 12.4. The molecule has 5 nitrogen and oxygen atoms in total. The second-order valence-electron chi connectivity index (χ2n) is 5.85. The van der Waals surface area contributed by atoms with E-state index in [1.807, 2.05) is 35.7 Å². The molecule has 1 aliphatic rings. The molecule has 0 saturated heterocycles. The molecule has 3 rings (SSSR count). The number of anilines is 1. The molecule has 1 aliphatic carbocycles. The average Bonchev–Trinajstić information content (AvgIpc) is 3.25. The fourth-order valence-corrected chi connectivity index (χ4v) is 4.10. The van der Waals surface area contributed by atoms with Gasteiger partial charge in [0.15, 0.2) is 15.0 Å². The summed E-state index contributed by atoms with van der Waals surface area (Å²) in [4.78, 5) is 16.8. The van der Waals surface area contributed by atoms with Gasteiger partial charge in [0, 0.05) is 17.6 Å². The molecular weight excluding hydrogens is 332 g/mol. The first-order chi connectivity index (χ1) is 10.9. The summed E-state index contributed by atoms with van der Waals surface area (Å²) in [5.74, 6) is -0.0139. The van der Waals surface area contributed by atoms with Gasteiger partial charge < -0.3 is 5.32 Å². The van der Waals surface area contributed by atoms with Crippen LogP contribution in [-0.2, 0) is 21.1 Å². The molecule has 7 heteroatoms. The molecule has 1 fully saturated rings. The van der Waals surface area contributed by atoms with Crippen molar-refractivity contribution < 1.29 is 13.2 Å². The van der Waals surface area contributed by atoms with Gasteiger partial charge in [-0.25, -0.2) is 13.4 Å². The van der Waals surface area contributed by atoms with Gasteiger partial charge in [-0.1, -0.05) is 30.3 Å². The van der Waals surface area contributed by atoms with Crippen LogP contribution < -0.4 is 5.32 Å². The number of benzene rings is 1. The van der Waals surface area contributed by atoms with Crippen molar-refractivity contribution in [3.63, 3.8) is 0 Å². The third kappa shape index (κ3) is 4.17. The molecule has 1 saturated carbocycles. The van der Waals surface area contributed by atoms with Crippen molar-refractivity contribution in [2.75, 3.05) is 11.6 Å². The second kappa shape index (κ2) is 6.41. The number of rotatable bonds is 6. The molecule has 1 aromatic carbocycles. The minimum Gasteiger partial charge on any atom is -0.301 e. The van der Waals surface area contributed by atoms with Gasteiger partial charge in [-0.15, -0.1) is 11.3 Å². The fraction of sp³-hybridized carbons (Fsp3) is 0.375. The van der Waals surface area contributed by atoms with Crippen LogP contribution in [0.4, 0.5) is 5.13 Å². The van der Waals surface area contributed by atoms with Crippen molar-refractivity contribution in [3.05, 3.63) is 47.0 Å². The van der Waals surface area contributed by atoms with Crippen molar-refractivity contribution in [1.82, 2.24) is 4.98 Å². The van der Waals surface area contributed by atoms with Gasteiger partial charge in [0.1, 0.15) is 5.25 Å². The van der Waals surface area contributed by atoms with E-state index in [1.54, 1.807) is 0 Å². The smallest absolute Gasteiger partial charge is 0.244 e. The highest BCUT2D eigenvalue weighted by atomic mass is 32.2.